The van der Waals surface area contributed by atoms with Gasteiger partial charge in [-0.3, -0.25) is 14.9 Å². The number of nitro groups is 1. The van der Waals surface area contributed by atoms with Crippen molar-refractivity contribution in [3.05, 3.63) is 62.7 Å². The first-order chi connectivity index (χ1) is 11.9. The summed E-state index contributed by atoms with van der Waals surface area (Å²) in [7, 11) is 4.46. The van der Waals surface area contributed by atoms with Crippen LogP contribution >= 0.6 is 11.6 Å². The normalized spacial score (nSPS) is 10.2. The molecule has 1 amide bonds. The Morgan fingerprint density at radius 1 is 1.16 bits per heavy atom. The number of benzene rings is 2. The maximum absolute atomic E-state index is 12.6. The standard InChI is InChI=1S/C17H17ClN2O5/c1-19(10-12-8-13(18)5-7-15(12)24-2)17(21)11-4-6-16(25-3)14(9-11)20(22)23/h4-9H,10H2,1-3H3. The molecule has 7 nitrogen and oxygen atoms in total. The van der Waals surface area contributed by atoms with E-state index in [-0.39, 0.29) is 29.5 Å². The minimum absolute atomic E-state index is 0.0979. The quantitative estimate of drug-likeness (QED) is 0.578. The van der Waals surface area contributed by atoms with Crippen LogP contribution in [0.4, 0.5) is 5.69 Å². The number of rotatable bonds is 6. The average Bonchev–Trinajstić information content (AvgIpc) is 2.60. The molecule has 0 radical (unpaired) electrons. The number of nitro benzene ring substituents is 1. The van der Waals surface area contributed by atoms with Crippen LogP contribution in [0.3, 0.4) is 0 Å². The van der Waals surface area contributed by atoms with Crippen molar-refractivity contribution in [1.82, 2.24) is 4.90 Å². The molecule has 0 bridgehead atoms. The molecule has 0 aliphatic heterocycles. The van der Waals surface area contributed by atoms with E-state index in [0.717, 1.165) is 5.56 Å². The van der Waals surface area contributed by atoms with E-state index in [1.54, 1.807) is 25.2 Å². The molecule has 25 heavy (non-hydrogen) atoms. The number of carbonyl (C=O) groups is 1. The number of carbonyl (C=O) groups excluding carboxylic acids is 1. The summed E-state index contributed by atoms with van der Waals surface area (Å²) in [6.45, 7) is 0.238. The van der Waals surface area contributed by atoms with Gasteiger partial charge in [-0.05, 0) is 30.3 Å². The van der Waals surface area contributed by atoms with Gasteiger partial charge in [0.05, 0.1) is 19.1 Å². The lowest BCUT2D eigenvalue weighted by Gasteiger charge is -2.19. The monoisotopic (exact) mass is 364 g/mol. The third-order valence-electron chi connectivity index (χ3n) is 3.62. The molecule has 2 rings (SSSR count). The summed E-state index contributed by atoms with van der Waals surface area (Å²) in [6, 6.07) is 9.21. The van der Waals surface area contributed by atoms with Gasteiger partial charge in [0.25, 0.3) is 5.91 Å². The molecular weight excluding hydrogens is 348 g/mol. The van der Waals surface area contributed by atoms with E-state index in [1.165, 1.54) is 37.3 Å². The molecular formula is C17H17ClN2O5. The van der Waals surface area contributed by atoms with Crippen LogP contribution < -0.4 is 9.47 Å². The van der Waals surface area contributed by atoms with Crippen LogP contribution in [0.25, 0.3) is 0 Å². The third-order valence-corrected chi connectivity index (χ3v) is 3.85. The number of ether oxygens (including phenoxy) is 2. The van der Waals surface area contributed by atoms with Crippen LogP contribution in [0.1, 0.15) is 15.9 Å². The van der Waals surface area contributed by atoms with E-state index in [1.807, 2.05) is 0 Å². The first kappa shape index (κ1) is 18.5. The molecule has 0 saturated heterocycles. The van der Waals surface area contributed by atoms with Crippen molar-refractivity contribution >= 4 is 23.2 Å². The summed E-state index contributed by atoms with van der Waals surface area (Å²) < 4.78 is 10.2. The highest BCUT2D eigenvalue weighted by Crippen LogP contribution is 2.29. The van der Waals surface area contributed by atoms with Crippen molar-refractivity contribution in [2.75, 3.05) is 21.3 Å². The van der Waals surface area contributed by atoms with Crippen molar-refractivity contribution in [3.8, 4) is 11.5 Å². The zero-order chi connectivity index (χ0) is 18.6. The second kappa shape index (κ2) is 7.85. The third kappa shape index (κ3) is 4.19. The highest BCUT2D eigenvalue weighted by Gasteiger charge is 2.21. The molecule has 0 N–H and O–H groups in total. The number of methoxy groups -OCH3 is 2. The minimum Gasteiger partial charge on any atom is -0.496 e. The maximum Gasteiger partial charge on any atom is 0.311 e. The Morgan fingerprint density at radius 3 is 2.40 bits per heavy atom. The Labute approximate surface area is 149 Å². The second-order valence-corrected chi connectivity index (χ2v) is 5.70. The zero-order valence-electron chi connectivity index (χ0n) is 14.0. The molecule has 132 valence electrons. The molecule has 8 heteroatoms. The van der Waals surface area contributed by atoms with Crippen LogP contribution in [0.5, 0.6) is 11.5 Å². The number of hydrogen-bond acceptors (Lipinski definition) is 5. The fraction of sp³-hybridized carbons (Fsp3) is 0.235. The molecule has 0 unspecified atom stereocenters. The van der Waals surface area contributed by atoms with Crippen LogP contribution in [0.15, 0.2) is 36.4 Å². The Balaban J connectivity index is 2.27. The topological polar surface area (TPSA) is 81.9 Å². The highest BCUT2D eigenvalue weighted by atomic mass is 35.5. The Hall–Kier alpha value is -2.80. The van der Waals surface area contributed by atoms with E-state index >= 15 is 0 Å². The molecule has 0 spiro atoms. The Bertz CT molecular complexity index is 810. The molecule has 0 saturated carbocycles. The van der Waals surface area contributed by atoms with Gasteiger partial charge in [-0.2, -0.15) is 0 Å². The Kier molecular flexibility index (Phi) is 5.82. The van der Waals surface area contributed by atoms with Gasteiger partial charge in [0.2, 0.25) is 0 Å². The molecule has 0 atom stereocenters. The number of halogens is 1. The van der Waals surface area contributed by atoms with Crippen LogP contribution in [-0.4, -0.2) is 37.0 Å². The molecule has 2 aromatic carbocycles. The van der Waals surface area contributed by atoms with Crippen molar-refractivity contribution in [1.29, 1.82) is 0 Å². The van der Waals surface area contributed by atoms with Gasteiger partial charge in [-0.25, -0.2) is 0 Å². The van der Waals surface area contributed by atoms with Crippen LogP contribution in [-0.2, 0) is 6.54 Å². The van der Waals surface area contributed by atoms with E-state index in [9.17, 15) is 14.9 Å². The zero-order valence-corrected chi connectivity index (χ0v) is 14.7. The first-order valence-corrected chi connectivity index (χ1v) is 7.65. The molecule has 0 aliphatic rings. The summed E-state index contributed by atoms with van der Waals surface area (Å²) in [6.07, 6.45) is 0. The van der Waals surface area contributed by atoms with Crippen molar-refractivity contribution in [3.63, 3.8) is 0 Å². The lowest BCUT2D eigenvalue weighted by Crippen LogP contribution is -2.26. The van der Waals surface area contributed by atoms with E-state index < -0.39 is 4.92 Å². The fourth-order valence-electron chi connectivity index (χ4n) is 2.38. The van der Waals surface area contributed by atoms with Crippen molar-refractivity contribution in [2.45, 2.75) is 6.54 Å². The maximum atomic E-state index is 12.6. The minimum atomic E-state index is -0.588. The molecule has 2 aromatic rings. The molecule has 0 aliphatic carbocycles. The molecule has 0 fully saturated rings. The van der Waals surface area contributed by atoms with Gasteiger partial charge in [0.1, 0.15) is 5.75 Å². The first-order valence-electron chi connectivity index (χ1n) is 7.27. The number of hydrogen-bond donors (Lipinski definition) is 0. The number of amides is 1. The summed E-state index contributed by atoms with van der Waals surface area (Å²) in [5, 5.41) is 11.6. The van der Waals surface area contributed by atoms with E-state index in [0.29, 0.717) is 10.8 Å². The summed E-state index contributed by atoms with van der Waals surface area (Å²) in [5.41, 5.74) is 0.659. The fourth-order valence-corrected chi connectivity index (χ4v) is 2.58. The summed E-state index contributed by atoms with van der Waals surface area (Å²) >= 11 is 5.99. The van der Waals surface area contributed by atoms with Gasteiger partial charge >= 0.3 is 5.69 Å². The van der Waals surface area contributed by atoms with Gasteiger partial charge in [-0.1, -0.05) is 11.6 Å². The van der Waals surface area contributed by atoms with E-state index in [2.05, 4.69) is 0 Å². The van der Waals surface area contributed by atoms with Crippen molar-refractivity contribution in [2.24, 2.45) is 0 Å². The summed E-state index contributed by atoms with van der Waals surface area (Å²) in [4.78, 5) is 24.5. The van der Waals surface area contributed by atoms with Gasteiger partial charge in [-0.15, -0.1) is 0 Å². The lowest BCUT2D eigenvalue weighted by molar-refractivity contribution is -0.385. The number of nitrogens with zero attached hydrogens (tertiary/aromatic N) is 2. The largest absolute Gasteiger partial charge is 0.496 e. The average molecular weight is 365 g/mol. The highest BCUT2D eigenvalue weighted by molar-refractivity contribution is 6.30. The van der Waals surface area contributed by atoms with E-state index in [4.69, 9.17) is 21.1 Å². The Morgan fingerprint density at radius 2 is 1.80 bits per heavy atom. The predicted octanol–water partition coefficient (Wildman–Crippen LogP) is 3.54. The SMILES string of the molecule is COc1ccc(Cl)cc1CN(C)C(=O)c1ccc(OC)c([N+](=O)[O-])c1. The lowest BCUT2D eigenvalue weighted by atomic mass is 10.1. The summed E-state index contributed by atoms with van der Waals surface area (Å²) in [5.74, 6) is 0.332. The van der Waals surface area contributed by atoms with Crippen LogP contribution in [0.2, 0.25) is 5.02 Å². The van der Waals surface area contributed by atoms with Crippen LogP contribution in [0, 0.1) is 10.1 Å². The molecule has 0 heterocycles. The van der Waals surface area contributed by atoms with Crippen molar-refractivity contribution < 1.29 is 19.2 Å². The van der Waals surface area contributed by atoms with Gasteiger partial charge in [0, 0.05) is 35.8 Å². The van der Waals surface area contributed by atoms with Gasteiger partial charge in [0.15, 0.2) is 5.75 Å². The molecule has 0 aromatic heterocycles. The second-order valence-electron chi connectivity index (χ2n) is 5.26. The predicted molar refractivity (Wildman–Crippen MR) is 93.4 cm³/mol. The van der Waals surface area contributed by atoms with Gasteiger partial charge < -0.3 is 14.4 Å². The smallest absolute Gasteiger partial charge is 0.311 e.